The molecule has 1 saturated heterocycles. The lowest BCUT2D eigenvalue weighted by atomic mass is 10.00. The van der Waals surface area contributed by atoms with Crippen LogP contribution in [-0.2, 0) is 6.42 Å². The highest BCUT2D eigenvalue weighted by atomic mass is 16.5. The zero-order chi connectivity index (χ0) is 24.5. The average molecular weight is 471 g/mol. The molecule has 1 atom stereocenters. The van der Waals surface area contributed by atoms with Gasteiger partial charge in [-0.25, -0.2) is 4.98 Å². The van der Waals surface area contributed by atoms with E-state index in [1.165, 1.54) is 4.90 Å². The van der Waals surface area contributed by atoms with Crippen LogP contribution in [0.15, 0.2) is 60.8 Å². The van der Waals surface area contributed by atoms with Crippen LogP contribution in [-0.4, -0.2) is 59.8 Å². The number of hydrogen-bond donors (Lipinski definition) is 0. The van der Waals surface area contributed by atoms with Gasteiger partial charge in [-0.1, -0.05) is 25.1 Å². The molecule has 2 aliphatic heterocycles. The van der Waals surface area contributed by atoms with Crippen molar-refractivity contribution in [2.24, 2.45) is 0 Å². The highest BCUT2D eigenvalue weighted by Gasteiger charge is 2.39. The van der Waals surface area contributed by atoms with Crippen LogP contribution < -0.4 is 9.64 Å². The zero-order valence-corrected chi connectivity index (χ0v) is 20.4. The van der Waals surface area contributed by atoms with Crippen molar-refractivity contribution in [1.29, 1.82) is 0 Å². The fourth-order valence-corrected chi connectivity index (χ4v) is 4.94. The Bertz CT molecular complexity index is 1230. The van der Waals surface area contributed by atoms with E-state index in [2.05, 4.69) is 27.9 Å². The Kier molecular flexibility index (Phi) is 6.26. The second-order valence-electron chi connectivity index (χ2n) is 9.13. The van der Waals surface area contributed by atoms with Crippen molar-refractivity contribution < 1.29 is 14.3 Å². The first kappa shape index (κ1) is 23.1. The van der Waals surface area contributed by atoms with Gasteiger partial charge in [-0.05, 0) is 56.3 Å². The van der Waals surface area contributed by atoms with Gasteiger partial charge in [0.25, 0.3) is 11.8 Å². The molecular formula is C28H30N4O3. The van der Waals surface area contributed by atoms with E-state index in [1.54, 1.807) is 30.5 Å². The molecule has 1 aromatic heterocycles. The normalized spacial score (nSPS) is 17.0. The molecule has 2 aliphatic rings. The highest BCUT2D eigenvalue weighted by Crippen LogP contribution is 2.36. The van der Waals surface area contributed by atoms with Gasteiger partial charge in [0, 0.05) is 49.7 Å². The Morgan fingerprint density at radius 2 is 1.63 bits per heavy atom. The molecule has 35 heavy (non-hydrogen) atoms. The van der Waals surface area contributed by atoms with Crippen molar-refractivity contribution in [3.8, 4) is 11.6 Å². The predicted octanol–water partition coefficient (Wildman–Crippen LogP) is 4.55. The fraction of sp³-hybridized carbons (Fsp3) is 0.321. The number of anilines is 1. The fourth-order valence-electron chi connectivity index (χ4n) is 4.94. The van der Waals surface area contributed by atoms with Gasteiger partial charge in [-0.3, -0.25) is 14.5 Å². The zero-order valence-electron chi connectivity index (χ0n) is 20.4. The summed E-state index contributed by atoms with van der Waals surface area (Å²) in [6.07, 6.45) is 2.34. The molecule has 2 amide bonds. The van der Waals surface area contributed by atoms with Crippen LogP contribution in [0.3, 0.4) is 0 Å². The monoisotopic (exact) mass is 470 g/mol. The van der Waals surface area contributed by atoms with E-state index in [-0.39, 0.29) is 11.8 Å². The van der Waals surface area contributed by atoms with Crippen molar-refractivity contribution in [2.75, 3.05) is 38.1 Å². The number of hydrogen-bond acceptors (Lipinski definition) is 6. The summed E-state index contributed by atoms with van der Waals surface area (Å²) in [7, 11) is 2.14. The third kappa shape index (κ3) is 4.28. The Hall–Kier alpha value is -3.71. The lowest BCUT2D eigenvalue weighted by Gasteiger charge is -2.34. The van der Waals surface area contributed by atoms with Gasteiger partial charge in [0.05, 0.1) is 17.2 Å². The molecule has 7 heteroatoms. The lowest BCUT2D eigenvalue weighted by molar-refractivity contribution is 0.0594. The molecule has 1 unspecified atom stereocenters. The Morgan fingerprint density at radius 1 is 0.943 bits per heavy atom. The van der Waals surface area contributed by atoms with Crippen LogP contribution in [0.25, 0.3) is 0 Å². The topological polar surface area (TPSA) is 66.0 Å². The maximum Gasteiger partial charge on any atom is 0.262 e. The minimum atomic E-state index is -0.445. The molecule has 2 aromatic carbocycles. The maximum absolute atomic E-state index is 13.1. The van der Waals surface area contributed by atoms with E-state index in [1.807, 2.05) is 38.1 Å². The third-order valence-corrected chi connectivity index (χ3v) is 6.97. The van der Waals surface area contributed by atoms with Gasteiger partial charge in [0.2, 0.25) is 5.88 Å². The van der Waals surface area contributed by atoms with E-state index in [4.69, 9.17) is 4.74 Å². The van der Waals surface area contributed by atoms with E-state index < -0.39 is 6.04 Å². The molecule has 0 spiro atoms. The molecular weight excluding hydrogens is 440 g/mol. The smallest absolute Gasteiger partial charge is 0.262 e. The van der Waals surface area contributed by atoms with Crippen LogP contribution in [0.5, 0.6) is 11.6 Å². The van der Waals surface area contributed by atoms with Gasteiger partial charge in [-0.2, -0.15) is 0 Å². The van der Waals surface area contributed by atoms with Crippen molar-refractivity contribution in [2.45, 2.75) is 26.3 Å². The predicted molar refractivity (Wildman–Crippen MR) is 135 cm³/mol. The summed E-state index contributed by atoms with van der Waals surface area (Å²) < 4.78 is 6.29. The van der Waals surface area contributed by atoms with Gasteiger partial charge in [0.1, 0.15) is 5.75 Å². The summed E-state index contributed by atoms with van der Waals surface area (Å²) in [4.78, 5) is 36.7. The number of imide groups is 1. The van der Waals surface area contributed by atoms with Gasteiger partial charge in [0.15, 0.2) is 0 Å². The van der Waals surface area contributed by atoms with Gasteiger partial charge in [-0.15, -0.1) is 0 Å². The average Bonchev–Trinajstić information content (AvgIpc) is 3.14. The summed E-state index contributed by atoms with van der Waals surface area (Å²) in [5.41, 5.74) is 3.79. The number of piperazine rings is 1. The molecule has 5 rings (SSSR count). The van der Waals surface area contributed by atoms with Crippen molar-refractivity contribution in [3.63, 3.8) is 0 Å². The highest BCUT2D eigenvalue weighted by molar-refractivity contribution is 6.21. The van der Waals surface area contributed by atoms with Crippen LogP contribution >= 0.6 is 0 Å². The van der Waals surface area contributed by atoms with E-state index in [0.29, 0.717) is 29.2 Å². The summed E-state index contributed by atoms with van der Waals surface area (Å²) in [5, 5.41) is 0. The van der Waals surface area contributed by atoms with Crippen molar-refractivity contribution in [3.05, 3.63) is 83.0 Å². The molecule has 0 aliphatic carbocycles. The Balaban J connectivity index is 1.41. The summed E-state index contributed by atoms with van der Waals surface area (Å²) in [6.45, 7) is 7.93. The number of carbonyl (C=O) groups excluding carboxylic acids is 2. The third-order valence-electron chi connectivity index (χ3n) is 6.97. The molecule has 180 valence electrons. The van der Waals surface area contributed by atoms with Crippen molar-refractivity contribution >= 4 is 17.5 Å². The first-order chi connectivity index (χ1) is 17.0. The van der Waals surface area contributed by atoms with Crippen molar-refractivity contribution in [1.82, 2.24) is 14.8 Å². The quantitative estimate of drug-likeness (QED) is 0.493. The molecule has 0 saturated carbocycles. The second-order valence-corrected chi connectivity index (χ2v) is 9.13. The first-order valence-electron chi connectivity index (χ1n) is 12.1. The minimum absolute atomic E-state index is 0.265. The second kappa shape index (κ2) is 9.50. The molecule has 1 fully saturated rings. The van der Waals surface area contributed by atoms with Crippen LogP contribution in [0, 0.1) is 0 Å². The first-order valence-corrected chi connectivity index (χ1v) is 12.1. The number of pyridine rings is 1. The van der Waals surface area contributed by atoms with Gasteiger partial charge >= 0.3 is 0 Å². The van der Waals surface area contributed by atoms with E-state index in [0.717, 1.165) is 43.0 Å². The summed E-state index contributed by atoms with van der Waals surface area (Å²) >= 11 is 0. The van der Waals surface area contributed by atoms with Crippen LogP contribution in [0.1, 0.15) is 51.7 Å². The number of ether oxygens (including phenoxy) is 1. The molecule has 3 aromatic rings. The molecule has 0 radical (unpaired) electrons. The molecule has 3 heterocycles. The minimum Gasteiger partial charge on any atom is -0.439 e. The largest absolute Gasteiger partial charge is 0.439 e. The summed E-state index contributed by atoms with van der Waals surface area (Å²) in [5.74, 6) is 0.691. The summed E-state index contributed by atoms with van der Waals surface area (Å²) in [6, 6.07) is 16.5. The number of carbonyl (C=O) groups is 2. The lowest BCUT2D eigenvalue weighted by Crippen LogP contribution is -2.44. The van der Waals surface area contributed by atoms with E-state index >= 15 is 0 Å². The number of fused-ring (bicyclic) bond motifs is 1. The van der Waals surface area contributed by atoms with Crippen LogP contribution in [0.4, 0.5) is 5.69 Å². The van der Waals surface area contributed by atoms with E-state index in [9.17, 15) is 9.59 Å². The van der Waals surface area contributed by atoms with Gasteiger partial charge < -0.3 is 14.5 Å². The number of benzene rings is 2. The molecule has 7 nitrogen and oxygen atoms in total. The molecule has 0 bridgehead atoms. The molecule has 0 N–H and O–H groups in total. The SMILES string of the molecule is CCc1c(C(C)N2C(=O)c3ccccc3C2=O)ccnc1Oc1cccc(N2CCN(C)CC2)c1. The Labute approximate surface area is 205 Å². The standard InChI is InChI=1S/C28H30N4O3/c1-4-22-23(19(2)32-27(33)24-10-5-6-11-25(24)28(32)34)12-13-29-26(22)35-21-9-7-8-20(18-21)31-16-14-30(3)15-17-31/h5-13,18-19H,4,14-17H2,1-3H3. The number of likely N-dealkylation sites (N-methyl/N-ethyl adjacent to an activating group) is 1. The number of amides is 2. The number of nitrogens with zero attached hydrogens (tertiary/aromatic N) is 4. The Morgan fingerprint density at radius 3 is 2.29 bits per heavy atom. The number of rotatable bonds is 6. The maximum atomic E-state index is 13.1. The van der Waals surface area contributed by atoms with Crippen LogP contribution in [0.2, 0.25) is 0 Å². The number of aromatic nitrogens is 1.